The van der Waals surface area contributed by atoms with Crippen LogP contribution in [-0.4, -0.2) is 45.3 Å². The third kappa shape index (κ3) is 4.87. The normalized spacial score (nSPS) is 18.0. The third-order valence-electron chi connectivity index (χ3n) is 4.54. The molecular formula is C20H19Cl3N4O3. The molecule has 30 heavy (non-hydrogen) atoms. The number of tetrazole rings is 1. The molecule has 0 amide bonds. The summed E-state index contributed by atoms with van der Waals surface area (Å²) < 4.78 is 19.0. The zero-order valence-electron chi connectivity index (χ0n) is 16.3. The Hall–Kier alpha value is -1.90. The molecule has 0 N–H and O–H groups in total. The lowest BCUT2D eigenvalue weighted by atomic mass is 10.1. The maximum absolute atomic E-state index is 6.33. The molecular weight excluding hydrogens is 451 g/mol. The Kier molecular flexibility index (Phi) is 6.18. The number of hydrogen-bond donors (Lipinski definition) is 0. The van der Waals surface area contributed by atoms with E-state index in [1.165, 1.54) is 0 Å². The van der Waals surface area contributed by atoms with Gasteiger partial charge in [-0.05, 0) is 60.7 Å². The molecule has 4 rings (SSSR count). The lowest BCUT2D eigenvalue weighted by Crippen LogP contribution is -2.25. The fourth-order valence-corrected chi connectivity index (χ4v) is 3.86. The molecule has 158 valence electrons. The minimum absolute atomic E-state index is 0.153. The van der Waals surface area contributed by atoms with E-state index < -0.39 is 5.79 Å². The molecule has 1 atom stereocenters. The fourth-order valence-electron chi connectivity index (χ4n) is 3.18. The van der Waals surface area contributed by atoms with Gasteiger partial charge in [-0.25, -0.2) is 4.68 Å². The highest BCUT2D eigenvalue weighted by atomic mass is 35.5. The Labute approximate surface area is 188 Å². The predicted octanol–water partition coefficient (Wildman–Crippen LogP) is 4.88. The van der Waals surface area contributed by atoms with Gasteiger partial charge >= 0.3 is 0 Å². The molecule has 0 radical (unpaired) electrons. The van der Waals surface area contributed by atoms with Crippen LogP contribution in [-0.2, 0) is 16.0 Å². The van der Waals surface area contributed by atoms with Crippen molar-refractivity contribution in [2.24, 2.45) is 0 Å². The fraction of sp³-hybridized carbons (Fsp3) is 0.350. The molecule has 10 heteroatoms. The second-order valence-electron chi connectivity index (χ2n) is 7.30. The molecule has 0 saturated carbocycles. The molecule has 0 aliphatic carbocycles. The lowest BCUT2D eigenvalue weighted by Gasteiger charge is -2.18. The van der Waals surface area contributed by atoms with Crippen LogP contribution in [0.5, 0.6) is 5.75 Å². The van der Waals surface area contributed by atoms with Gasteiger partial charge in [0.15, 0.2) is 11.6 Å². The van der Waals surface area contributed by atoms with Gasteiger partial charge in [0, 0.05) is 21.2 Å². The van der Waals surface area contributed by atoms with Crippen molar-refractivity contribution in [2.75, 3.05) is 13.2 Å². The van der Waals surface area contributed by atoms with Gasteiger partial charge in [-0.3, -0.25) is 0 Å². The summed E-state index contributed by atoms with van der Waals surface area (Å²) in [5.74, 6) is 0.573. The molecule has 1 fully saturated rings. The van der Waals surface area contributed by atoms with Crippen LogP contribution in [0, 0.1) is 0 Å². The van der Waals surface area contributed by atoms with Crippen LogP contribution in [0.4, 0.5) is 0 Å². The summed E-state index contributed by atoms with van der Waals surface area (Å²) in [7, 11) is 0. The zero-order chi connectivity index (χ0) is 21.3. The van der Waals surface area contributed by atoms with E-state index in [9.17, 15) is 0 Å². The average Bonchev–Trinajstić information content (AvgIpc) is 3.27. The van der Waals surface area contributed by atoms with E-state index in [4.69, 9.17) is 49.0 Å². The molecule has 1 aliphatic heterocycles. The maximum Gasteiger partial charge on any atom is 0.183 e. The van der Waals surface area contributed by atoms with Crippen molar-refractivity contribution >= 4 is 34.8 Å². The van der Waals surface area contributed by atoms with Gasteiger partial charge in [-0.1, -0.05) is 34.8 Å². The number of hydrogen-bond acceptors (Lipinski definition) is 6. The quantitative estimate of drug-likeness (QED) is 0.512. The van der Waals surface area contributed by atoms with Crippen molar-refractivity contribution in [3.63, 3.8) is 0 Å². The van der Waals surface area contributed by atoms with Crippen LogP contribution in [0.15, 0.2) is 36.4 Å². The monoisotopic (exact) mass is 468 g/mol. The standard InChI is InChI=1S/C20H19Cl3N4O3/c1-20(2)29-11-15(30-20)10-28-18-6-4-13(21)7-12(18)9-27-19(24-25-26-27)16-5-3-14(22)8-17(16)23/h3-8,15H,9-11H2,1-2H3. The second-order valence-corrected chi connectivity index (χ2v) is 8.58. The number of rotatable bonds is 6. The number of aromatic nitrogens is 4. The summed E-state index contributed by atoms with van der Waals surface area (Å²) in [6.45, 7) is 4.92. The molecule has 2 heterocycles. The molecule has 7 nitrogen and oxygen atoms in total. The summed E-state index contributed by atoms with van der Waals surface area (Å²) in [6, 6.07) is 10.6. The second kappa shape index (κ2) is 8.69. The molecule has 3 aromatic rings. The lowest BCUT2D eigenvalue weighted by molar-refractivity contribution is -0.141. The zero-order valence-corrected chi connectivity index (χ0v) is 18.6. The average molecular weight is 470 g/mol. The van der Waals surface area contributed by atoms with Crippen molar-refractivity contribution in [2.45, 2.75) is 32.3 Å². The van der Waals surface area contributed by atoms with Gasteiger partial charge in [-0.15, -0.1) is 5.10 Å². The van der Waals surface area contributed by atoms with Crippen LogP contribution < -0.4 is 4.74 Å². The van der Waals surface area contributed by atoms with E-state index in [0.717, 1.165) is 5.56 Å². The first-order valence-corrected chi connectivity index (χ1v) is 10.4. The van der Waals surface area contributed by atoms with Gasteiger partial charge in [0.05, 0.1) is 18.2 Å². The van der Waals surface area contributed by atoms with Gasteiger partial charge < -0.3 is 14.2 Å². The summed E-state index contributed by atoms with van der Waals surface area (Å²) in [5, 5.41) is 13.6. The Balaban J connectivity index is 1.56. The van der Waals surface area contributed by atoms with Crippen LogP contribution in [0.3, 0.4) is 0 Å². The predicted molar refractivity (Wildman–Crippen MR) is 114 cm³/mol. The number of halogens is 3. The highest BCUT2D eigenvalue weighted by Crippen LogP contribution is 2.31. The largest absolute Gasteiger partial charge is 0.490 e. The van der Waals surface area contributed by atoms with Crippen LogP contribution >= 0.6 is 34.8 Å². The number of ether oxygens (including phenoxy) is 3. The van der Waals surface area contributed by atoms with Crippen molar-refractivity contribution in [3.8, 4) is 17.1 Å². The summed E-state index contributed by atoms with van der Waals surface area (Å²) in [4.78, 5) is 0. The third-order valence-corrected chi connectivity index (χ3v) is 5.32. The first kappa shape index (κ1) is 21.3. The van der Waals surface area contributed by atoms with Gasteiger partial charge in [0.2, 0.25) is 0 Å². The van der Waals surface area contributed by atoms with Crippen molar-refractivity contribution in [3.05, 3.63) is 57.0 Å². The van der Waals surface area contributed by atoms with E-state index in [-0.39, 0.29) is 6.10 Å². The first-order valence-electron chi connectivity index (χ1n) is 9.25. The molecule has 0 bridgehead atoms. The Morgan fingerprint density at radius 3 is 2.63 bits per heavy atom. The molecule has 2 aromatic carbocycles. The first-order chi connectivity index (χ1) is 14.3. The van der Waals surface area contributed by atoms with Crippen LogP contribution in [0.25, 0.3) is 11.4 Å². The molecule has 1 unspecified atom stereocenters. The highest BCUT2D eigenvalue weighted by Gasteiger charge is 2.33. The summed E-state index contributed by atoms with van der Waals surface area (Å²) >= 11 is 18.6. The number of nitrogens with zero attached hydrogens (tertiary/aromatic N) is 4. The maximum atomic E-state index is 6.33. The van der Waals surface area contributed by atoms with E-state index in [1.807, 2.05) is 26.0 Å². The highest BCUT2D eigenvalue weighted by molar-refractivity contribution is 6.36. The van der Waals surface area contributed by atoms with Crippen LogP contribution in [0.1, 0.15) is 19.4 Å². The Bertz CT molecular complexity index is 1060. The molecule has 0 spiro atoms. The minimum Gasteiger partial charge on any atom is -0.490 e. The SMILES string of the molecule is CC1(C)OCC(COc2ccc(Cl)cc2Cn2nnnc2-c2ccc(Cl)cc2Cl)O1. The van der Waals surface area contributed by atoms with Crippen molar-refractivity contribution in [1.29, 1.82) is 0 Å². The smallest absolute Gasteiger partial charge is 0.183 e. The van der Waals surface area contributed by atoms with Gasteiger partial charge in [0.1, 0.15) is 18.5 Å². The van der Waals surface area contributed by atoms with Crippen LogP contribution in [0.2, 0.25) is 15.1 Å². The van der Waals surface area contributed by atoms with Crippen molar-refractivity contribution < 1.29 is 14.2 Å². The topological polar surface area (TPSA) is 71.3 Å². The number of benzene rings is 2. The minimum atomic E-state index is -0.601. The molecule has 1 aromatic heterocycles. The van der Waals surface area contributed by atoms with E-state index in [1.54, 1.807) is 28.9 Å². The van der Waals surface area contributed by atoms with E-state index in [0.29, 0.717) is 52.0 Å². The van der Waals surface area contributed by atoms with E-state index in [2.05, 4.69) is 15.5 Å². The Morgan fingerprint density at radius 2 is 1.90 bits per heavy atom. The Morgan fingerprint density at radius 1 is 1.13 bits per heavy atom. The van der Waals surface area contributed by atoms with Gasteiger partial charge in [0.25, 0.3) is 0 Å². The van der Waals surface area contributed by atoms with Crippen molar-refractivity contribution in [1.82, 2.24) is 20.2 Å². The van der Waals surface area contributed by atoms with Gasteiger partial charge in [-0.2, -0.15) is 0 Å². The summed E-state index contributed by atoms with van der Waals surface area (Å²) in [6.07, 6.45) is -0.153. The van der Waals surface area contributed by atoms with E-state index >= 15 is 0 Å². The molecule has 1 aliphatic rings. The summed E-state index contributed by atoms with van der Waals surface area (Å²) in [5.41, 5.74) is 1.49. The molecule has 1 saturated heterocycles.